The zero-order valence-corrected chi connectivity index (χ0v) is 6.67. The number of hydrogen-bond donors (Lipinski definition) is 1. The molecule has 3 nitrogen and oxygen atoms in total. The lowest BCUT2D eigenvalue weighted by molar-refractivity contribution is 0.243. The van der Waals surface area contributed by atoms with E-state index in [2.05, 4.69) is 0 Å². The molecular formula is C7H8N2OS. The predicted molar refractivity (Wildman–Crippen MR) is 45.0 cm³/mol. The molecule has 58 valence electrons. The second kappa shape index (κ2) is 2.47. The van der Waals surface area contributed by atoms with Gasteiger partial charge >= 0.3 is 0 Å². The third kappa shape index (κ3) is 1.17. The lowest BCUT2D eigenvalue weighted by Gasteiger charge is -2.08. The van der Waals surface area contributed by atoms with E-state index in [9.17, 15) is 0 Å². The van der Waals surface area contributed by atoms with Crippen LogP contribution in [-0.4, -0.2) is 6.73 Å². The van der Waals surface area contributed by atoms with Crippen LogP contribution in [0.4, 0.5) is 5.00 Å². The van der Waals surface area contributed by atoms with E-state index in [-0.39, 0.29) is 0 Å². The van der Waals surface area contributed by atoms with E-state index >= 15 is 0 Å². The van der Waals surface area contributed by atoms with Gasteiger partial charge in [-0.15, -0.1) is 11.3 Å². The average Bonchev–Trinajstić information content (AvgIpc) is 2.55. The van der Waals surface area contributed by atoms with Crippen LogP contribution in [0.15, 0.2) is 29.6 Å². The number of ether oxygens (including phenoxy) is 1. The number of nitrogens with two attached hydrogens (primary N) is 1. The molecular weight excluding hydrogens is 160 g/mol. The zero-order chi connectivity index (χ0) is 7.68. The summed E-state index contributed by atoms with van der Waals surface area (Å²) < 4.78 is 5.06. The van der Waals surface area contributed by atoms with E-state index in [1.807, 2.05) is 22.4 Å². The van der Waals surface area contributed by atoms with Gasteiger partial charge in [-0.3, -0.25) is 0 Å². The second-order valence-electron chi connectivity index (χ2n) is 2.23. The molecule has 1 aromatic rings. The highest BCUT2D eigenvalue weighted by atomic mass is 32.1. The Hall–Kier alpha value is -1.16. The van der Waals surface area contributed by atoms with E-state index < -0.39 is 0 Å². The van der Waals surface area contributed by atoms with Crippen molar-refractivity contribution in [2.75, 3.05) is 11.6 Å². The first-order valence-electron chi connectivity index (χ1n) is 3.26. The number of nitrogens with zero attached hydrogens (tertiary/aromatic N) is 1. The van der Waals surface area contributed by atoms with Gasteiger partial charge in [0.1, 0.15) is 0 Å². The molecule has 1 aliphatic heterocycles. The molecule has 0 saturated carbocycles. The van der Waals surface area contributed by atoms with Crippen LogP contribution in [0.1, 0.15) is 0 Å². The van der Waals surface area contributed by atoms with Crippen molar-refractivity contribution in [3.05, 3.63) is 29.6 Å². The number of rotatable bonds is 1. The third-order valence-electron chi connectivity index (χ3n) is 1.44. The summed E-state index contributed by atoms with van der Waals surface area (Å²) in [5.41, 5.74) is 5.43. The maximum Gasteiger partial charge on any atom is 0.202 e. The van der Waals surface area contributed by atoms with Crippen LogP contribution in [0.5, 0.6) is 0 Å². The van der Waals surface area contributed by atoms with Crippen LogP contribution in [-0.2, 0) is 4.74 Å². The number of anilines is 1. The monoisotopic (exact) mass is 168 g/mol. The van der Waals surface area contributed by atoms with Crippen molar-refractivity contribution >= 4 is 16.3 Å². The van der Waals surface area contributed by atoms with Crippen LogP contribution in [0.3, 0.4) is 0 Å². The molecule has 2 rings (SSSR count). The molecule has 11 heavy (non-hydrogen) atoms. The molecule has 2 heterocycles. The highest BCUT2D eigenvalue weighted by Gasteiger charge is 2.12. The van der Waals surface area contributed by atoms with Crippen LogP contribution in [0.2, 0.25) is 0 Å². The Bertz CT molecular complexity index is 268. The van der Waals surface area contributed by atoms with Crippen molar-refractivity contribution in [1.29, 1.82) is 0 Å². The predicted octanol–water partition coefficient (Wildman–Crippen LogP) is 1.30. The van der Waals surface area contributed by atoms with E-state index in [0.29, 0.717) is 12.6 Å². The summed E-state index contributed by atoms with van der Waals surface area (Å²) >= 11 is 1.67. The second-order valence-corrected chi connectivity index (χ2v) is 3.15. The van der Waals surface area contributed by atoms with E-state index in [1.54, 1.807) is 17.5 Å². The molecule has 0 bridgehead atoms. The van der Waals surface area contributed by atoms with Gasteiger partial charge in [0.25, 0.3) is 0 Å². The molecule has 1 aromatic heterocycles. The van der Waals surface area contributed by atoms with Gasteiger partial charge in [0, 0.05) is 0 Å². The lowest BCUT2D eigenvalue weighted by Crippen LogP contribution is -2.10. The Balaban J connectivity index is 2.20. The summed E-state index contributed by atoms with van der Waals surface area (Å²) in [5, 5.41) is 3.18. The van der Waals surface area contributed by atoms with Gasteiger partial charge in [0.2, 0.25) is 5.88 Å². The van der Waals surface area contributed by atoms with Crippen LogP contribution in [0, 0.1) is 0 Å². The summed E-state index contributed by atoms with van der Waals surface area (Å²) in [6.07, 6.45) is 1.80. The molecule has 0 saturated heterocycles. The maximum atomic E-state index is 5.43. The van der Waals surface area contributed by atoms with E-state index in [0.717, 1.165) is 5.00 Å². The Morgan fingerprint density at radius 3 is 3.09 bits per heavy atom. The Labute approximate surface area is 68.7 Å². The van der Waals surface area contributed by atoms with Gasteiger partial charge in [0.15, 0.2) is 6.73 Å². The first-order chi connectivity index (χ1) is 5.36. The normalized spacial score (nSPS) is 16.4. The van der Waals surface area contributed by atoms with E-state index in [4.69, 9.17) is 10.5 Å². The Kier molecular flexibility index (Phi) is 1.47. The van der Waals surface area contributed by atoms with Crippen molar-refractivity contribution in [2.45, 2.75) is 0 Å². The van der Waals surface area contributed by atoms with Gasteiger partial charge in [-0.05, 0) is 17.5 Å². The van der Waals surface area contributed by atoms with Crippen LogP contribution < -0.4 is 10.6 Å². The van der Waals surface area contributed by atoms with Crippen molar-refractivity contribution in [1.82, 2.24) is 0 Å². The first-order valence-corrected chi connectivity index (χ1v) is 4.14. The SMILES string of the molecule is NC1=CN(c2cccs2)CO1. The molecule has 0 radical (unpaired) electrons. The molecule has 0 aliphatic carbocycles. The Morgan fingerprint density at radius 2 is 2.55 bits per heavy atom. The third-order valence-corrected chi connectivity index (χ3v) is 2.35. The van der Waals surface area contributed by atoms with Gasteiger partial charge < -0.3 is 15.4 Å². The van der Waals surface area contributed by atoms with Crippen LogP contribution in [0.25, 0.3) is 0 Å². The highest BCUT2D eigenvalue weighted by Crippen LogP contribution is 2.24. The molecule has 0 aromatic carbocycles. The smallest absolute Gasteiger partial charge is 0.202 e. The number of hydrogen-bond acceptors (Lipinski definition) is 4. The molecule has 0 atom stereocenters. The molecule has 1 aliphatic rings. The molecule has 0 amide bonds. The molecule has 4 heteroatoms. The number of thiophene rings is 1. The minimum atomic E-state index is 0.485. The van der Waals surface area contributed by atoms with Crippen molar-refractivity contribution in [2.24, 2.45) is 5.73 Å². The van der Waals surface area contributed by atoms with Gasteiger partial charge in [-0.1, -0.05) is 0 Å². The van der Waals surface area contributed by atoms with E-state index in [1.165, 1.54) is 0 Å². The van der Waals surface area contributed by atoms with Gasteiger partial charge in [-0.25, -0.2) is 0 Å². The topological polar surface area (TPSA) is 38.5 Å². The zero-order valence-electron chi connectivity index (χ0n) is 5.86. The molecule has 0 unspecified atom stereocenters. The van der Waals surface area contributed by atoms with Crippen molar-refractivity contribution in [3.8, 4) is 0 Å². The fourth-order valence-electron chi connectivity index (χ4n) is 0.933. The first kappa shape index (κ1) is 6.54. The Morgan fingerprint density at radius 1 is 1.64 bits per heavy atom. The standard InChI is InChI=1S/C7H8N2OS/c8-6-4-9(5-10-6)7-2-1-3-11-7/h1-4H,5,8H2. The quantitative estimate of drug-likeness (QED) is 0.687. The fraction of sp³-hybridized carbons (Fsp3) is 0.143. The van der Waals surface area contributed by atoms with Crippen LogP contribution >= 0.6 is 11.3 Å². The van der Waals surface area contributed by atoms with Crippen molar-refractivity contribution in [3.63, 3.8) is 0 Å². The van der Waals surface area contributed by atoms with Gasteiger partial charge in [-0.2, -0.15) is 0 Å². The average molecular weight is 168 g/mol. The summed E-state index contributed by atoms with van der Waals surface area (Å²) in [6, 6.07) is 4.03. The summed E-state index contributed by atoms with van der Waals surface area (Å²) in [6.45, 7) is 0.534. The minimum absolute atomic E-state index is 0.485. The summed E-state index contributed by atoms with van der Waals surface area (Å²) in [7, 11) is 0. The fourth-order valence-corrected chi connectivity index (χ4v) is 1.63. The molecule has 0 fully saturated rings. The summed E-state index contributed by atoms with van der Waals surface area (Å²) in [4.78, 5) is 1.97. The highest BCUT2D eigenvalue weighted by molar-refractivity contribution is 7.14. The lowest BCUT2D eigenvalue weighted by atomic mass is 10.6. The molecule has 0 spiro atoms. The van der Waals surface area contributed by atoms with Gasteiger partial charge in [0.05, 0.1) is 11.2 Å². The minimum Gasteiger partial charge on any atom is -0.457 e. The van der Waals surface area contributed by atoms with Crippen molar-refractivity contribution < 1.29 is 4.74 Å². The maximum absolute atomic E-state index is 5.43. The largest absolute Gasteiger partial charge is 0.457 e. The molecule has 2 N–H and O–H groups in total. The summed E-state index contributed by atoms with van der Waals surface area (Å²) in [5.74, 6) is 0.485.